The van der Waals surface area contributed by atoms with E-state index in [0.717, 1.165) is 44.3 Å². The summed E-state index contributed by atoms with van der Waals surface area (Å²) in [5.74, 6) is 1.56. The Bertz CT molecular complexity index is 507. The Morgan fingerprint density at radius 2 is 2.00 bits per heavy atom. The van der Waals surface area contributed by atoms with Gasteiger partial charge < -0.3 is 19.5 Å². The molecule has 2 rings (SSSR count). The lowest BCUT2D eigenvalue weighted by Crippen LogP contribution is -2.51. The van der Waals surface area contributed by atoms with Gasteiger partial charge in [0.25, 0.3) is 0 Å². The van der Waals surface area contributed by atoms with Crippen LogP contribution in [0.25, 0.3) is 0 Å². The van der Waals surface area contributed by atoms with Crippen molar-refractivity contribution in [3.8, 4) is 11.5 Å². The molecule has 0 radical (unpaired) electrons. The Morgan fingerprint density at radius 3 is 2.65 bits per heavy atom. The fourth-order valence-corrected chi connectivity index (χ4v) is 3.14. The molecule has 0 spiro atoms. The van der Waals surface area contributed by atoms with Crippen molar-refractivity contribution in [2.24, 2.45) is 0 Å². The number of ether oxygens (including phenoxy) is 3. The van der Waals surface area contributed by atoms with Crippen molar-refractivity contribution in [1.82, 2.24) is 10.2 Å². The summed E-state index contributed by atoms with van der Waals surface area (Å²) < 4.78 is 16.2. The normalized spacial score (nSPS) is 20.3. The van der Waals surface area contributed by atoms with Gasteiger partial charge in [-0.25, -0.2) is 0 Å². The average molecular weight is 322 g/mol. The second kappa shape index (κ2) is 8.52. The smallest absolute Gasteiger partial charge is 0.161 e. The molecular weight excluding hydrogens is 292 g/mol. The predicted octanol–water partition coefficient (Wildman–Crippen LogP) is 2.21. The van der Waals surface area contributed by atoms with Crippen molar-refractivity contribution >= 4 is 0 Å². The van der Waals surface area contributed by atoms with Gasteiger partial charge in [-0.3, -0.25) is 4.90 Å². The van der Waals surface area contributed by atoms with Gasteiger partial charge in [0.05, 0.1) is 27.4 Å². The van der Waals surface area contributed by atoms with Crippen LogP contribution in [0.15, 0.2) is 12.1 Å². The topological polar surface area (TPSA) is 43.0 Å². The molecule has 1 aromatic carbocycles. The molecule has 1 saturated heterocycles. The molecule has 23 heavy (non-hydrogen) atoms. The van der Waals surface area contributed by atoms with Gasteiger partial charge >= 0.3 is 0 Å². The van der Waals surface area contributed by atoms with Crippen LogP contribution in [0.2, 0.25) is 0 Å². The molecule has 5 heteroatoms. The lowest BCUT2D eigenvalue weighted by molar-refractivity contribution is -0.0181. The molecule has 0 aliphatic carbocycles. The Kier molecular flexibility index (Phi) is 6.69. The fraction of sp³-hybridized carbons (Fsp3) is 0.667. The Labute approximate surface area is 139 Å². The number of nitrogens with zero attached hydrogens (tertiary/aromatic N) is 1. The average Bonchev–Trinajstić information content (AvgIpc) is 2.56. The van der Waals surface area contributed by atoms with Crippen LogP contribution in [0, 0.1) is 6.92 Å². The minimum Gasteiger partial charge on any atom is -0.493 e. The summed E-state index contributed by atoms with van der Waals surface area (Å²) in [6.45, 7) is 11.1. The maximum Gasteiger partial charge on any atom is 0.161 e. The van der Waals surface area contributed by atoms with Gasteiger partial charge in [-0.2, -0.15) is 0 Å². The molecule has 5 nitrogen and oxygen atoms in total. The third kappa shape index (κ3) is 4.59. The van der Waals surface area contributed by atoms with E-state index in [9.17, 15) is 0 Å². The van der Waals surface area contributed by atoms with Crippen LogP contribution in [0.5, 0.6) is 11.5 Å². The number of nitrogens with one attached hydrogen (secondary N) is 1. The number of benzene rings is 1. The highest BCUT2D eigenvalue weighted by molar-refractivity contribution is 5.46. The van der Waals surface area contributed by atoms with Gasteiger partial charge in [0.2, 0.25) is 0 Å². The molecule has 0 unspecified atom stereocenters. The van der Waals surface area contributed by atoms with Crippen molar-refractivity contribution in [3.05, 3.63) is 23.3 Å². The van der Waals surface area contributed by atoms with Crippen LogP contribution in [-0.4, -0.2) is 57.5 Å². The molecule has 1 heterocycles. The molecule has 130 valence electrons. The van der Waals surface area contributed by atoms with Crippen molar-refractivity contribution in [2.75, 3.05) is 40.5 Å². The zero-order valence-electron chi connectivity index (χ0n) is 15.0. The number of methoxy groups -OCH3 is 2. The van der Waals surface area contributed by atoms with Crippen molar-refractivity contribution in [1.29, 1.82) is 0 Å². The van der Waals surface area contributed by atoms with Crippen LogP contribution in [-0.2, 0) is 11.3 Å². The molecule has 1 N–H and O–H groups in total. The maximum atomic E-state index is 5.51. The first-order valence-electron chi connectivity index (χ1n) is 8.32. The van der Waals surface area contributed by atoms with E-state index in [4.69, 9.17) is 14.2 Å². The van der Waals surface area contributed by atoms with E-state index in [1.165, 1.54) is 11.1 Å². The van der Waals surface area contributed by atoms with Gasteiger partial charge in [-0.15, -0.1) is 0 Å². The first-order valence-corrected chi connectivity index (χ1v) is 8.32. The summed E-state index contributed by atoms with van der Waals surface area (Å²) in [5.41, 5.74) is 2.45. The minimum atomic E-state index is 0.489. The third-order valence-corrected chi connectivity index (χ3v) is 4.58. The largest absolute Gasteiger partial charge is 0.493 e. The Morgan fingerprint density at radius 1 is 1.30 bits per heavy atom. The number of rotatable bonds is 7. The summed E-state index contributed by atoms with van der Waals surface area (Å²) in [4.78, 5) is 2.51. The molecular formula is C18H30N2O3. The lowest BCUT2D eigenvalue weighted by atomic mass is 10.1. The molecule has 0 saturated carbocycles. The second-order valence-corrected chi connectivity index (χ2v) is 6.28. The van der Waals surface area contributed by atoms with Crippen LogP contribution in [0.1, 0.15) is 25.0 Å². The zero-order valence-corrected chi connectivity index (χ0v) is 15.0. The first kappa shape index (κ1) is 18.0. The maximum absolute atomic E-state index is 5.51. The number of hydrogen-bond donors (Lipinski definition) is 1. The molecule has 2 atom stereocenters. The molecule has 0 aromatic heterocycles. The second-order valence-electron chi connectivity index (χ2n) is 6.28. The summed E-state index contributed by atoms with van der Waals surface area (Å²) in [7, 11) is 3.34. The number of hydrogen-bond acceptors (Lipinski definition) is 5. The van der Waals surface area contributed by atoms with E-state index in [1.807, 2.05) is 6.07 Å². The van der Waals surface area contributed by atoms with Crippen LogP contribution in [0.3, 0.4) is 0 Å². The van der Waals surface area contributed by atoms with Crippen molar-refractivity contribution < 1.29 is 14.2 Å². The van der Waals surface area contributed by atoms with E-state index in [0.29, 0.717) is 12.1 Å². The first-order chi connectivity index (χ1) is 11.1. The minimum absolute atomic E-state index is 0.489. The van der Waals surface area contributed by atoms with Gasteiger partial charge in [0.1, 0.15) is 0 Å². The third-order valence-electron chi connectivity index (χ3n) is 4.58. The number of morpholine rings is 1. The highest BCUT2D eigenvalue weighted by atomic mass is 16.5. The quantitative estimate of drug-likeness (QED) is 0.834. The van der Waals surface area contributed by atoms with Crippen LogP contribution < -0.4 is 14.8 Å². The SMILES string of the molecule is COc1cc(C)c(CNC[C@H](C)N2CCOC[C@@H]2C)cc1OC. The summed E-state index contributed by atoms with van der Waals surface area (Å²) in [6.07, 6.45) is 0. The monoisotopic (exact) mass is 322 g/mol. The van der Waals surface area contributed by atoms with E-state index in [1.54, 1.807) is 14.2 Å². The summed E-state index contributed by atoms with van der Waals surface area (Å²) in [6, 6.07) is 5.07. The van der Waals surface area contributed by atoms with Gasteiger partial charge in [-0.05, 0) is 44.0 Å². The highest BCUT2D eigenvalue weighted by Gasteiger charge is 2.23. The van der Waals surface area contributed by atoms with E-state index in [-0.39, 0.29) is 0 Å². The Hall–Kier alpha value is -1.30. The molecule has 1 aliphatic rings. The zero-order chi connectivity index (χ0) is 16.8. The fourth-order valence-electron chi connectivity index (χ4n) is 3.14. The standard InChI is InChI=1S/C18H30N2O3/c1-13-8-17(21-4)18(22-5)9-16(13)11-19-10-14(2)20-6-7-23-12-15(20)3/h8-9,14-15,19H,6-7,10-12H2,1-5H3/t14-,15-/m0/s1. The van der Waals surface area contributed by atoms with Gasteiger partial charge in [0.15, 0.2) is 11.5 Å². The van der Waals surface area contributed by atoms with E-state index < -0.39 is 0 Å². The lowest BCUT2D eigenvalue weighted by Gasteiger charge is -2.38. The summed E-state index contributed by atoms with van der Waals surface area (Å²) in [5, 5.41) is 3.57. The number of aryl methyl sites for hydroxylation is 1. The molecule has 1 aliphatic heterocycles. The molecule has 0 amide bonds. The predicted molar refractivity (Wildman–Crippen MR) is 92.4 cm³/mol. The van der Waals surface area contributed by atoms with Crippen molar-refractivity contribution in [3.63, 3.8) is 0 Å². The highest BCUT2D eigenvalue weighted by Crippen LogP contribution is 2.30. The van der Waals surface area contributed by atoms with Gasteiger partial charge in [0, 0.05) is 31.7 Å². The van der Waals surface area contributed by atoms with E-state index in [2.05, 4.69) is 37.1 Å². The molecule has 1 fully saturated rings. The van der Waals surface area contributed by atoms with Crippen LogP contribution >= 0.6 is 0 Å². The van der Waals surface area contributed by atoms with Crippen LogP contribution in [0.4, 0.5) is 0 Å². The summed E-state index contributed by atoms with van der Waals surface area (Å²) >= 11 is 0. The Balaban J connectivity index is 1.90. The van der Waals surface area contributed by atoms with E-state index >= 15 is 0 Å². The molecule has 0 bridgehead atoms. The van der Waals surface area contributed by atoms with Crippen molar-refractivity contribution in [2.45, 2.75) is 39.4 Å². The van der Waals surface area contributed by atoms with Gasteiger partial charge in [-0.1, -0.05) is 0 Å². The molecule has 1 aromatic rings.